The molecule has 1 aliphatic heterocycles. The molecule has 0 unspecified atom stereocenters. The van der Waals surface area contributed by atoms with Crippen molar-refractivity contribution in [2.75, 3.05) is 38.3 Å². The van der Waals surface area contributed by atoms with Crippen molar-refractivity contribution >= 4 is 21.6 Å². The lowest BCUT2D eigenvalue weighted by molar-refractivity contribution is -0.120. The number of carbonyl (C=O) groups is 1. The summed E-state index contributed by atoms with van der Waals surface area (Å²) in [7, 11) is -1.22. The SMILES string of the molecule is COc1ccc(S(=O)(=O)N(CC(=O)N[C@@H](C)c2ccc3c(c2)OCCO3)c2ccccc2)cc1OC. The Morgan fingerprint density at radius 3 is 2.33 bits per heavy atom. The number of rotatable bonds is 9. The van der Waals surface area contributed by atoms with E-state index >= 15 is 0 Å². The Labute approximate surface area is 210 Å². The Kier molecular flexibility index (Phi) is 7.54. The average Bonchev–Trinajstić information content (AvgIpc) is 2.91. The Balaban J connectivity index is 1.58. The third-order valence-electron chi connectivity index (χ3n) is 5.72. The third-order valence-corrected chi connectivity index (χ3v) is 7.49. The smallest absolute Gasteiger partial charge is 0.264 e. The molecule has 9 nitrogen and oxygen atoms in total. The number of nitrogens with one attached hydrogen (secondary N) is 1. The van der Waals surface area contributed by atoms with Crippen LogP contribution in [-0.2, 0) is 14.8 Å². The van der Waals surface area contributed by atoms with Crippen LogP contribution in [0.2, 0.25) is 0 Å². The number of methoxy groups -OCH3 is 2. The van der Waals surface area contributed by atoms with Gasteiger partial charge >= 0.3 is 0 Å². The van der Waals surface area contributed by atoms with Gasteiger partial charge in [0.2, 0.25) is 5.91 Å². The summed E-state index contributed by atoms with van der Waals surface area (Å²) in [4.78, 5) is 13.1. The lowest BCUT2D eigenvalue weighted by Crippen LogP contribution is -2.41. The number of sulfonamides is 1. The van der Waals surface area contributed by atoms with Gasteiger partial charge in [-0.15, -0.1) is 0 Å². The first-order valence-corrected chi connectivity index (χ1v) is 12.8. The summed E-state index contributed by atoms with van der Waals surface area (Å²) < 4.78 is 50.1. The van der Waals surface area contributed by atoms with Gasteiger partial charge in [0.25, 0.3) is 10.0 Å². The molecule has 10 heteroatoms. The third kappa shape index (κ3) is 5.33. The highest BCUT2D eigenvalue weighted by atomic mass is 32.2. The largest absolute Gasteiger partial charge is 0.493 e. The van der Waals surface area contributed by atoms with Crippen molar-refractivity contribution in [1.29, 1.82) is 0 Å². The van der Waals surface area contributed by atoms with Gasteiger partial charge in [0.15, 0.2) is 23.0 Å². The van der Waals surface area contributed by atoms with Crippen molar-refractivity contribution in [3.8, 4) is 23.0 Å². The molecule has 0 spiro atoms. The molecule has 36 heavy (non-hydrogen) atoms. The van der Waals surface area contributed by atoms with E-state index in [0.29, 0.717) is 36.1 Å². The normalized spacial score (nSPS) is 13.4. The minimum Gasteiger partial charge on any atom is -0.493 e. The summed E-state index contributed by atoms with van der Waals surface area (Å²) in [5.41, 5.74) is 1.16. The second kappa shape index (κ2) is 10.8. The maximum atomic E-state index is 13.7. The van der Waals surface area contributed by atoms with Crippen LogP contribution < -0.4 is 28.6 Å². The van der Waals surface area contributed by atoms with Crippen LogP contribution in [0.3, 0.4) is 0 Å². The number of hydrogen-bond acceptors (Lipinski definition) is 7. The second-order valence-corrected chi connectivity index (χ2v) is 9.92. The van der Waals surface area contributed by atoms with Crippen LogP contribution in [0.1, 0.15) is 18.5 Å². The number of anilines is 1. The van der Waals surface area contributed by atoms with E-state index < -0.39 is 28.5 Å². The Morgan fingerprint density at radius 1 is 0.944 bits per heavy atom. The van der Waals surface area contributed by atoms with Gasteiger partial charge in [-0.1, -0.05) is 24.3 Å². The van der Waals surface area contributed by atoms with Gasteiger partial charge in [-0.25, -0.2) is 8.42 Å². The Bertz CT molecular complexity index is 1330. The van der Waals surface area contributed by atoms with Crippen molar-refractivity contribution in [3.63, 3.8) is 0 Å². The van der Waals surface area contributed by atoms with Crippen LogP contribution in [-0.4, -0.2) is 48.3 Å². The maximum Gasteiger partial charge on any atom is 0.264 e. The first-order chi connectivity index (χ1) is 17.3. The fourth-order valence-electron chi connectivity index (χ4n) is 3.84. The van der Waals surface area contributed by atoms with Gasteiger partial charge in [0, 0.05) is 6.07 Å². The number of fused-ring (bicyclic) bond motifs is 1. The molecule has 1 atom stereocenters. The van der Waals surface area contributed by atoms with E-state index in [1.165, 1.54) is 32.4 Å². The maximum absolute atomic E-state index is 13.7. The van der Waals surface area contributed by atoms with Gasteiger partial charge in [-0.3, -0.25) is 9.10 Å². The van der Waals surface area contributed by atoms with E-state index in [1.54, 1.807) is 36.4 Å². The van der Waals surface area contributed by atoms with Crippen molar-refractivity contribution < 1.29 is 32.2 Å². The zero-order chi connectivity index (χ0) is 25.7. The van der Waals surface area contributed by atoms with Crippen molar-refractivity contribution in [1.82, 2.24) is 5.32 Å². The molecule has 0 fully saturated rings. The number of ether oxygens (including phenoxy) is 4. The Hall–Kier alpha value is -3.92. The molecule has 1 N–H and O–H groups in total. The first-order valence-electron chi connectivity index (χ1n) is 11.3. The van der Waals surface area contributed by atoms with Gasteiger partial charge in [0.05, 0.1) is 30.8 Å². The van der Waals surface area contributed by atoms with Crippen molar-refractivity contribution in [3.05, 3.63) is 72.3 Å². The van der Waals surface area contributed by atoms with Crippen LogP contribution in [0.15, 0.2) is 71.6 Å². The number of para-hydroxylation sites is 1. The van der Waals surface area contributed by atoms with E-state index in [2.05, 4.69) is 5.32 Å². The molecule has 0 radical (unpaired) electrons. The molecule has 0 saturated heterocycles. The standard InChI is InChI=1S/C26H28N2O7S/c1-18(19-9-11-23-25(15-19)35-14-13-34-23)27-26(29)17-28(20-7-5-4-6-8-20)36(30,31)21-10-12-22(32-2)24(16-21)33-3/h4-12,15-16,18H,13-14,17H2,1-3H3,(H,27,29)/t18-/m0/s1. The molecule has 1 amide bonds. The van der Waals surface area contributed by atoms with Gasteiger partial charge < -0.3 is 24.3 Å². The zero-order valence-electron chi connectivity index (χ0n) is 20.3. The predicted octanol–water partition coefficient (Wildman–Crippen LogP) is 3.55. The molecule has 0 aromatic heterocycles. The quantitative estimate of drug-likeness (QED) is 0.468. The zero-order valence-corrected chi connectivity index (χ0v) is 21.1. The molecule has 3 aromatic carbocycles. The minimum atomic E-state index is -4.12. The molecular formula is C26H28N2O7S. The predicted molar refractivity (Wildman–Crippen MR) is 135 cm³/mol. The van der Waals surface area contributed by atoms with E-state index in [1.807, 2.05) is 19.1 Å². The van der Waals surface area contributed by atoms with E-state index in [9.17, 15) is 13.2 Å². The monoisotopic (exact) mass is 512 g/mol. The van der Waals surface area contributed by atoms with Crippen molar-refractivity contribution in [2.24, 2.45) is 0 Å². The van der Waals surface area contributed by atoms with Crippen LogP contribution >= 0.6 is 0 Å². The lowest BCUT2D eigenvalue weighted by Gasteiger charge is -2.26. The lowest BCUT2D eigenvalue weighted by atomic mass is 10.1. The average molecular weight is 513 g/mol. The summed E-state index contributed by atoms with van der Waals surface area (Å²) >= 11 is 0. The van der Waals surface area contributed by atoms with E-state index in [-0.39, 0.29) is 10.6 Å². The van der Waals surface area contributed by atoms with E-state index in [0.717, 1.165) is 9.87 Å². The van der Waals surface area contributed by atoms with Crippen LogP contribution in [0.4, 0.5) is 5.69 Å². The number of carbonyl (C=O) groups excluding carboxylic acids is 1. The summed E-state index contributed by atoms with van der Waals surface area (Å²) in [6.45, 7) is 2.34. The summed E-state index contributed by atoms with van der Waals surface area (Å²) in [5, 5.41) is 2.88. The second-order valence-electron chi connectivity index (χ2n) is 8.06. The van der Waals surface area contributed by atoms with Crippen LogP contribution in [0.5, 0.6) is 23.0 Å². The van der Waals surface area contributed by atoms with Gasteiger partial charge in [-0.05, 0) is 48.9 Å². The highest BCUT2D eigenvalue weighted by molar-refractivity contribution is 7.92. The molecule has 1 aliphatic rings. The fraction of sp³-hybridized carbons (Fsp3) is 0.269. The van der Waals surface area contributed by atoms with E-state index in [4.69, 9.17) is 18.9 Å². The fourth-order valence-corrected chi connectivity index (χ4v) is 5.28. The highest BCUT2D eigenvalue weighted by Gasteiger charge is 2.29. The number of benzene rings is 3. The molecular weight excluding hydrogens is 484 g/mol. The summed E-state index contributed by atoms with van der Waals surface area (Å²) in [6.07, 6.45) is 0. The van der Waals surface area contributed by atoms with Gasteiger partial charge in [0.1, 0.15) is 19.8 Å². The minimum absolute atomic E-state index is 0.0308. The summed E-state index contributed by atoms with van der Waals surface area (Å²) in [5.74, 6) is 1.46. The first kappa shape index (κ1) is 25.2. The molecule has 190 valence electrons. The molecule has 3 aromatic rings. The molecule has 4 rings (SSSR count). The highest BCUT2D eigenvalue weighted by Crippen LogP contribution is 2.33. The number of hydrogen-bond donors (Lipinski definition) is 1. The number of amides is 1. The van der Waals surface area contributed by atoms with Crippen LogP contribution in [0, 0.1) is 0 Å². The van der Waals surface area contributed by atoms with Gasteiger partial charge in [-0.2, -0.15) is 0 Å². The molecule has 0 saturated carbocycles. The Morgan fingerprint density at radius 2 is 1.64 bits per heavy atom. The summed E-state index contributed by atoms with van der Waals surface area (Å²) in [6, 6.07) is 17.8. The molecule has 0 aliphatic carbocycles. The van der Waals surface area contributed by atoms with Crippen LogP contribution in [0.25, 0.3) is 0 Å². The number of nitrogens with zero attached hydrogens (tertiary/aromatic N) is 1. The molecule has 0 bridgehead atoms. The topological polar surface area (TPSA) is 103 Å². The van der Waals surface area contributed by atoms with Crippen molar-refractivity contribution in [2.45, 2.75) is 17.9 Å². The molecule has 1 heterocycles.